The zero-order chi connectivity index (χ0) is 13.2. The van der Waals surface area contributed by atoms with Gasteiger partial charge >= 0.3 is 0 Å². The molecule has 0 aromatic heterocycles. The quantitative estimate of drug-likeness (QED) is 0.828. The van der Waals surface area contributed by atoms with Gasteiger partial charge in [-0.05, 0) is 37.7 Å². The molecule has 1 aromatic carbocycles. The van der Waals surface area contributed by atoms with Crippen molar-refractivity contribution >= 4 is 11.4 Å². The molecule has 2 atom stereocenters. The zero-order valence-electron chi connectivity index (χ0n) is 11.8. The van der Waals surface area contributed by atoms with Crippen LogP contribution in [0.15, 0.2) is 18.2 Å². The average Bonchev–Trinajstić information content (AvgIpc) is 2.46. The lowest BCUT2D eigenvalue weighted by Crippen LogP contribution is -2.46. The SMILES string of the molecule is COc1cc(N)cc(N2CCCC3CCCCC32)c1. The van der Waals surface area contributed by atoms with Gasteiger partial charge in [0.25, 0.3) is 0 Å². The van der Waals surface area contributed by atoms with Crippen molar-refractivity contribution in [1.82, 2.24) is 0 Å². The number of piperidine rings is 1. The molecule has 1 saturated carbocycles. The van der Waals surface area contributed by atoms with E-state index >= 15 is 0 Å². The molecule has 1 aromatic rings. The summed E-state index contributed by atoms with van der Waals surface area (Å²) >= 11 is 0. The Balaban J connectivity index is 1.89. The molecule has 3 rings (SSSR count). The molecular formula is C16H24N2O. The summed E-state index contributed by atoms with van der Waals surface area (Å²) in [5, 5.41) is 0. The molecule has 1 aliphatic carbocycles. The van der Waals surface area contributed by atoms with Crippen LogP contribution in [-0.4, -0.2) is 19.7 Å². The Morgan fingerprint density at radius 1 is 1.11 bits per heavy atom. The molecule has 1 aliphatic heterocycles. The smallest absolute Gasteiger partial charge is 0.122 e. The first-order chi connectivity index (χ1) is 9.28. The second kappa shape index (κ2) is 5.32. The number of hydrogen-bond acceptors (Lipinski definition) is 3. The van der Waals surface area contributed by atoms with E-state index in [1.807, 2.05) is 6.07 Å². The Hall–Kier alpha value is -1.38. The lowest BCUT2D eigenvalue weighted by atomic mass is 9.78. The minimum absolute atomic E-state index is 0.717. The van der Waals surface area contributed by atoms with E-state index in [4.69, 9.17) is 10.5 Å². The van der Waals surface area contributed by atoms with Crippen molar-refractivity contribution in [2.45, 2.75) is 44.6 Å². The normalized spacial score (nSPS) is 26.9. The summed E-state index contributed by atoms with van der Waals surface area (Å²) < 4.78 is 5.36. The molecule has 104 valence electrons. The van der Waals surface area contributed by atoms with Crippen LogP contribution in [0.25, 0.3) is 0 Å². The summed E-state index contributed by atoms with van der Waals surface area (Å²) in [6, 6.07) is 6.84. The van der Waals surface area contributed by atoms with Gasteiger partial charge in [-0.1, -0.05) is 12.8 Å². The Bertz CT molecular complexity index is 444. The summed E-state index contributed by atoms with van der Waals surface area (Å²) in [5.74, 6) is 1.75. The number of methoxy groups -OCH3 is 1. The molecule has 19 heavy (non-hydrogen) atoms. The predicted molar refractivity (Wildman–Crippen MR) is 79.7 cm³/mol. The van der Waals surface area contributed by atoms with Crippen LogP contribution >= 0.6 is 0 Å². The molecule has 3 heteroatoms. The van der Waals surface area contributed by atoms with Gasteiger partial charge in [-0.2, -0.15) is 0 Å². The van der Waals surface area contributed by atoms with Crippen molar-refractivity contribution < 1.29 is 4.74 Å². The van der Waals surface area contributed by atoms with Gasteiger partial charge in [0, 0.05) is 36.1 Å². The number of rotatable bonds is 2. The van der Waals surface area contributed by atoms with Crippen LogP contribution < -0.4 is 15.4 Å². The topological polar surface area (TPSA) is 38.5 Å². The lowest BCUT2D eigenvalue weighted by Gasteiger charge is -2.45. The third kappa shape index (κ3) is 2.51. The highest BCUT2D eigenvalue weighted by molar-refractivity contribution is 5.61. The number of nitrogens with zero attached hydrogens (tertiary/aromatic N) is 1. The fourth-order valence-electron chi connectivity index (χ4n) is 3.83. The Kier molecular flexibility index (Phi) is 3.54. The van der Waals surface area contributed by atoms with E-state index in [0.29, 0.717) is 6.04 Å². The third-order valence-electron chi connectivity index (χ3n) is 4.72. The molecule has 1 saturated heterocycles. The maximum atomic E-state index is 6.00. The van der Waals surface area contributed by atoms with Crippen molar-refractivity contribution in [1.29, 1.82) is 0 Å². The predicted octanol–water partition coefficient (Wildman–Crippen LogP) is 3.44. The van der Waals surface area contributed by atoms with E-state index in [9.17, 15) is 0 Å². The summed E-state index contributed by atoms with van der Waals surface area (Å²) in [5.41, 5.74) is 8.05. The van der Waals surface area contributed by atoms with Crippen molar-refractivity contribution in [2.75, 3.05) is 24.3 Å². The van der Waals surface area contributed by atoms with E-state index in [1.54, 1.807) is 7.11 Å². The first kappa shape index (κ1) is 12.6. The largest absolute Gasteiger partial charge is 0.497 e. The van der Waals surface area contributed by atoms with Crippen LogP contribution in [0.4, 0.5) is 11.4 Å². The van der Waals surface area contributed by atoms with Crippen molar-refractivity contribution in [3.8, 4) is 5.75 Å². The molecule has 2 fully saturated rings. The van der Waals surface area contributed by atoms with Gasteiger partial charge < -0.3 is 15.4 Å². The summed E-state index contributed by atoms with van der Waals surface area (Å²) in [4.78, 5) is 2.58. The van der Waals surface area contributed by atoms with Gasteiger partial charge in [0.2, 0.25) is 0 Å². The van der Waals surface area contributed by atoms with Gasteiger partial charge in [-0.25, -0.2) is 0 Å². The third-order valence-corrected chi connectivity index (χ3v) is 4.72. The number of fused-ring (bicyclic) bond motifs is 1. The highest BCUT2D eigenvalue weighted by Gasteiger charge is 2.33. The molecule has 2 N–H and O–H groups in total. The lowest BCUT2D eigenvalue weighted by molar-refractivity contribution is 0.243. The van der Waals surface area contributed by atoms with E-state index < -0.39 is 0 Å². The Morgan fingerprint density at radius 3 is 2.74 bits per heavy atom. The Morgan fingerprint density at radius 2 is 1.89 bits per heavy atom. The highest BCUT2D eigenvalue weighted by atomic mass is 16.5. The summed E-state index contributed by atoms with van der Waals surface area (Å²) in [7, 11) is 1.71. The van der Waals surface area contributed by atoms with Crippen molar-refractivity contribution in [3.63, 3.8) is 0 Å². The average molecular weight is 260 g/mol. The number of hydrogen-bond donors (Lipinski definition) is 1. The molecule has 1 heterocycles. The zero-order valence-corrected chi connectivity index (χ0v) is 11.8. The monoisotopic (exact) mass is 260 g/mol. The number of nitrogens with two attached hydrogens (primary N) is 1. The molecule has 3 nitrogen and oxygen atoms in total. The minimum atomic E-state index is 0.717. The molecule has 2 unspecified atom stereocenters. The van der Waals surface area contributed by atoms with Crippen molar-refractivity contribution in [3.05, 3.63) is 18.2 Å². The number of benzene rings is 1. The molecule has 0 amide bonds. The standard InChI is InChI=1S/C16H24N2O/c1-19-15-10-13(17)9-14(11-15)18-8-4-6-12-5-2-3-7-16(12)18/h9-12,16H,2-8,17H2,1H3. The van der Waals surface area contributed by atoms with Crippen LogP contribution in [0.2, 0.25) is 0 Å². The molecular weight excluding hydrogens is 236 g/mol. The van der Waals surface area contributed by atoms with Crippen LogP contribution in [-0.2, 0) is 0 Å². The maximum absolute atomic E-state index is 6.00. The van der Waals surface area contributed by atoms with Gasteiger partial charge in [0.15, 0.2) is 0 Å². The van der Waals surface area contributed by atoms with Gasteiger partial charge in [-0.15, -0.1) is 0 Å². The van der Waals surface area contributed by atoms with Crippen LogP contribution in [0, 0.1) is 5.92 Å². The maximum Gasteiger partial charge on any atom is 0.122 e. The summed E-state index contributed by atoms with van der Waals surface area (Å²) in [6.07, 6.45) is 8.23. The van der Waals surface area contributed by atoms with E-state index in [0.717, 1.165) is 23.9 Å². The molecule has 0 radical (unpaired) electrons. The van der Waals surface area contributed by atoms with Gasteiger partial charge in [0.1, 0.15) is 5.75 Å². The first-order valence-electron chi connectivity index (χ1n) is 7.49. The Labute approximate surface area is 115 Å². The van der Waals surface area contributed by atoms with E-state index in [-0.39, 0.29) is 0 Å². The number of ether oxygens (including phenoxy) is 1. The van der Waals surface area contributed by atoms with Crippen LogP contribution in [0.3, 0.4) is 0 Å². The van der Waals surface area contributed by atoms with Crippen LogP contribution in [0.5, 0.6) is 5.75 Å². The number of nitrogen functional groups attached to an aromatic ring is 1. The second-order valence-corrected chi connectivity index (χ2v) is 5.91. The molecule has 0 spiro atoms. The highest BCUT2D eigenvalue weighted by Crippen LogP contribution is 2.39. The van der Waals surface area contributed by atoms with E-state index in [1.165, 1.54) is 44.2 Å². The molecule has 0 bridgehead atoms. The van der Waals surface area contributed by atoms with Gasteiger partial charge in [0.05, 0.1) is 7.11 Å². The van der Waals surface area contributed by atoms with E-state index in [2.05, 4.69) is 17.0 Å². The van der Waals surface area contributed by atoms with Crippen molar-refractivity contribution in [2.24, 2.45) is 5.92 Å². The minimum Gasteiger partial charge on any atom is -0.497 e. The summed E-state index contributed by atoms with van der Waals surface area (Å²) in [6.45, 7) is 1.16. The first-order valence-corrected chi connectivity index (χ1v) is 7.49. The number of anilines is 2. The van der Waals surface area contributed by atoms with Gasteiger partial charge in [-0.3, -0.25) is 0 Å². The fraction of sp³-hybridized carbons (Fsp3) is 0.625. The second-order valence-electron chi connectivity index (χ2n) is 5.91. The molecule has 2 aliphatic rings. The van der Waals surface area contributed by atoms with Crippen LogP contribution in [0.1, 0.15) is 38.5 Å². The fourth-order valence-corrected chi connectivity index (χ4v) is 3.83.